The Morgan fingerprint density at radius 3 is 0.933 bits per heavy atom. The van der Waals surface area contributed by atoms with E-state index >= 15 is 0 Å². The van der Waals surface area contributed by atoms with Crippen LogP contribution < -0.4 is 26.2 Å². The van der Waals surface area contributed by atoms with Gasteiger partial charge in [0.25, 0.3) is 6.71 Å². The average Bonchev–Trinajstić information content (AvgIpc) is 0.684. The van der Waals surface area contributed by atoms with E-state index in [0.717, 1.165) is 123 Å². The van der Waals surface area contributed by atoms with Gasteiger partial charge in [0.2, 0.25) is 0 Å². The Kier molecular flexibility index (Phi) is 17.4. The van der Waals surface area contributed by atoms with E-state index < -0.39 is 0 Å². The summed E-state index contributed by atoms with van der Waals surface area (Å²) in [7, 11) is 0. The fraction of sp³-hybridized carbons (Fsp3) is 0.200. The number of nitrogens with zero attached hydrogens (tertiary/aromatic N) is 4. The van der Waals surface area contributed by atoms with Gasteiger partial charge in [-0.1, -0.05) is 316 Å². The highest BCUT2D eigenvalue weighted by Gasteiger charge is 2.46. The second kappa shape index (κ2) is 26.3. The van der Waals surface area contributed by atoms with Crippen molar-refractivity contribution in [1.82, 2.24) is 0 Å². The number of rotatable bonds is 10. The van der Waals surface area contributed by atoms with Crippen LogP contribution in [0.25, 0.3) is 93.9 Å². The molecule has 2 aliphatic heterocycles. The highest BCUT2D eigenvalue weighted by atomic mass is 15.2. The molecular formula is C100H91BN4. The molecule has 0 aromatic heterocycles. The molecule has 0 amide bonds. The van der Waals surface area contributed by atoms with E-state index in [4.69, 9.17) is 6.57 Å². The van der Waals surface area contributed by atoms with Gasteiger partial charge in [0, 0.05) is 45.0 Å². The fourth-order valence-electron chi connectivity index (χ4n) is 15.6. The maximum absolute atomic E-state index is 10.6. The van der Waals surface area contributed by atoms with Crippen LogP contribution in [0.4, 0.5) is 39.8 Å². The Hall–Kier alpha value is -11.5. The topological polar surface area (TPSA) is 34.6 Å². The minimum absolute atomic E-state index is 0.0933. The van der Waals surface area contributed by atoms with E-state index in [1.807, 2.05) is 36.4 Å². The second-order valence-corrected chi connectivity index (χ2v) is 34.1. The van der Waals surface area contributed by atoms with Crippen molar-refractivity contribution in [2.24, 2.45) is 0 Å². The lowest BCUT2D eigenvalue weighted by atomic mass is 9.33. The summed E-state index contributed by atoms with van der Waals surface area (Å²) in [5.74, 6) is 0. The number of anilines is 6. The smallest absolute Gasteiger partial charge is 0.252 e. The highest BCUT2D eigenvalue weighted by molar-refractivity contribution is 7.00. The van der Waals surface area contributed by atoms with Crippen LogP contribution in [0.15, 0.2) is 279 Å². The zero-order valence-electron chi connectivity index (χ0n) is 63.4. The van der Waals surface area contributed by atoms with E-state index in [1.165, 1.54) is 44.2 Å². The van der Waals surface area contributed by atoms with Crippen LogP contribution in [-0.4, -0.2) is 6.71 Å². The largest absolute Gasteiger partial charge is 0.310 e. The molecule has 0 radical (unpaired) electrons. The summed E-state index contributed by atoms with van der Waals surface area (Å²) in [6.07, 6.45) is 0. The van der Waals surface area contributed by atoms with Crippen molar-refractivity contribution >= 4 is 62.9 Å². The zero-order valence-corrected chi connectivity index (χ0v) is 63.4. The molecule has 0 fully saturated rings. The molecule has 5 heteroatoms. The van der Waals surface area contributed by atoms with Gasteiger partial charge in [-0.2, -0.15) is 5.26 Å². The quantitative estimate of drug-likeness (QED) is 0.101. The van der Waals surface area contributed by atoms with Crippen LogP contribution in [0.3, 0.4) is 0 Å². The third kappa shape index (κ3) is 13.1. The average molecular weight is 1360 g/mol. The summed E-state index contributed by atoms with van der Waals surface area (Å²) < 4.78 is 0. The van der Waals surface area contributed by atoms with Gasteiger partial charge in [-0.3, -0.25) is 0 Å². The first-order valence-electron chi connectivity index (χ1n) is 37.1. The molecular weight excluding hydrogens is 1270 g/mol. The van der Waals surface area contributed by atoms with Crippen LogP contribution in [0.1, 0.15) is 137 Å². The van der Waals surface area contributed by atoms with Gasteiger partial charge >= 0.3 is 0 Å². The SMILES string of the molecule is [C-]#[N+]c1cccc(-c2cc(-c3ccc(C(C)(C)C)cc3)c(N3c4ccc(-c5ccccc5)cc4B4c5cc(-c6ccccc6)ccc5N(c5c(-c6ccc(C(C)(C)C)cc6)cc(-c6cccc(C#N)c6)cc5-c5ccc(C(C)(C)C)cc5)c5cc(C(C)(C)C)cc3c54)c(-c3ccc(C(C)(C)C)cc3)c2)c1. The number of benzene rings is 13. The first-order valence-corrected chi connectivity index (χ1v) is 37.1. The zero-order chi connectivity index (χ0) is 73.6. The molecule has 4 nitrogen and oxygen atoms in total. The van der Waals surface area contributed by atoms with Crippen molar-refractivity contribution in [3.8, 4) is 95.1 Å². The molecule has 13 aromatic rings. The van der Waals surface area contributed by atoms with Gasteiger partial charge < -0.3 is 9.80 Å². The Morgan fingerprint density at radius 2 is 0.600 bits per heavy atom. The normalized spacial score (nSPS) is 12.8. The Labute approximate surface area is 623 Å². The summed E-state index contributed by atoms with van der Waals surface area (Å²) in [6.45, 7) is 42.6. The van der Waals surface area contributed by atoms with Gasteiger partial charge in [0.1, 0.15) is 0 Å². The summed E-state index contributed by atoms with van der Waals surface area (Å²) in [4.78, 5) is 9.33. The Bertz CT molecular complexity index is 5100. The molecule has 0 saturated carbocycles. The standard InChI is InChI=1S/C100H91BN4/c1-96(2,3)77-43-33-67(34-44-77)83-55-75(71-30-23-25-64(53-71)63-102)56-84(68-35-45-78(46-36-68)97(4,5)6)94(83)104-89-51-41-73(65-26-19-17-20-27-65)59-87(89)101-88-60-74(66-28-21-18-22-29-66)42-52-90(88)105(92-62-81(100(13,14)15)61-91(104)93(92)101)95-85(69-37-47-79(48-38-69)98(7,8)9)57-76(72-31-24-32-82(54-72)103-16)58-86(95)70-39-49-80(50-40-70)99(10,11)12/h17-62H,1-15H3. The van der Waals surface area contributed by atoms with Gasteiger partial charge in [0.05, 0.1) is 29.6 Å². The van der Waals surface area contributed by atoms with E-state index in [-0.39, 0.29) is 33.8 Å². The van der Waals surface area contributed by atoms with Gasteiger partial charge in [-0.25, -0.2) is 4.85 Å². The molecule has 0 bridgehead atoms. The molecule has 0 saturated heterocycles. The lowest BCUT2D eigenvalue weighted by Gasteiger charge is -2.46. The van der Waals surface area contributed by atoms with E-state index in [0.29, 0.717) is 11.3 Å². The predicted molar refractivity (Wildman–Crippen MR) is 448 cm³/mol. The first kappa shape index (κ1) is 69.2. The van der Waals surface area contributed by atoms with Crippen molar-refractivity contribution in [2.75, 3.05) is 9.80 Å². The van der Waals surface area contributed by atoms with Gasteiger partial charge in [-0.05, 0) is 205 Å². The molecule has 0 unspecified atom stereocenters. The van der Waals surface area contributed by atoms with Crippen LogP contribution in [0, 0.1) is 17.9 Å². The Balaban J connectivity index is 1.14. The third-order valence-electron chi connectivity index (χ3n) is 21.7. The van der Waals surface area contributed by atoms with Crippen molar-refractivity contribution in [3.63, 3.8) is 0 Å². The molecule has 0 atom stereocenters. The molecule has 2 aliphatic rings. The summed E-state index contributed by atoms with van der Waals surface area (Å²) in [6, 6.07) is 107. The maximum atomic E-state index is 10.6. The molecule has 105 heavy (non-hydrogen) atoms. The number of fused-ring (bicyclic) bond motifs is 4. The number of hydrogen-bond acceptors (Lipinski definition) is 3. The molecule has 0 aliphatic carbocycles. The van der Waals surface area contributed by atoms with Crippen LogP contribution in [0.5, 0.6) is 0 Å². The van der Waals surface area contributed by atoms with E-state index in [1.54, 1.807) is 0 Å². The highest BCUT2D eigenvalue weighted by Crippen LogP contribution is 2.56. The summed E-state index contributed by atoms with van der Waals surface area (Å²) in [5.41, 5.74) is 33.9. The maximum Gasteiger partial charge on any atom is 0.252 e. The van der Waals surface area contributed by atoms with E-state index in [9.17, 15) is 5.26 Å². The predicted octanol–water partition coefficient (Wildman–Crippen LogP) is 26.0. The molecule has 13 aromatic carbocycles. The summed E-state index contributed by atoms with van der Waals surface area (Å²) >= 11 is 0. The monoisotopic (exact) mass is 1360 g/mol. The van der Waals surface area contributed by atoms with Crippen LogP contribution in [0.2, 0.25) is 0 Å². The number of nitriles is 1. The minimum atomic E-state index is -0.366. The molecule has 15 rings (SSSR count). The fourth-order valence-corrected chi connectivity index (χ4v) is 15.6. The first-order chi connectivity index (χ1) is 50.1. The van der Waals surface area contributed by atoms with Crippen molar-refractivity contribution < 1.29 is 0 Å². The lowest BCUT2D eigenvalue weighted by molar-refractivity contribution is 0.590. The lowest BCUT2D eigenvalue weighted by Crippen LogP contribution is -2.61. The molecule has 0 spiro atoms. The number of hydrogen-bond donors (Lipinski definition) is 0. The van der Waals surface area contributed by atoms with Gasteiger partial charge in [-0.15, -0.1) is 0 Å². The third-order valence-corrected chi connectivity index (χ3v) is 21.7. The Morgan fingerprint density at radius 1 is 0.286 bits per heavy atom. The molecule has 514 valence electrons. The second-order valence-electron chi connectivity index (χ2n) is 34.1. The van der Waals surface area contributed by atoms with Crippen molar-refractivity contribution in [1.29, 1.82) is 5.26 Å². The van der Waals surface area contributed by atoms with Crippen molar-refractivity contribution in [2.45, 2.75) is 131 Å². The van der Waals surface area contributed by atoms with Crippen LogP contribution in [-0.2, 0) is 27.1 Å². The molecule has 0 N–H and O–H groups in total. The van der Waals surface area contributed by atoms with Crippen LogP contribution >= 0.6 is 0 Å². The summed E-state index contributed by atoms with van der Waals surface area (Å²) in [5, 5.41) is 10.6. The van der Waals surface area contributed by atoms with E-state index in [2.05, 4.69) is 367 Å². The minimum Gasteiger partial charge on any atom is -0.310 e. The van der Waals surface area contributed by atoms with Crippen molar-refractivity contribution in [3.05, 3.63) is 324 Å². The van der Waals surface area contributed by atoms with Gasteiger partial charge in [0.15, 0.2) is 5.69 Å². The molecule has 2 heterocycles.